The normalized spacial score (nSPS) is 15.4. The molecule has 24 heavy (non-hydrogen) atoms. The summed E-state index contributed by atoms with van der Waals surface area (Å²) in [5.41, 5.74) is 1.41. The van der Waals surface area contributed by atoms with Gasteiger partial charge in [0.15, 0.2) is 5.65 Å². The van der Waals surface area contributed by atoms with Crippen LogP contribution in [0.2, 0.25) is 0 Å². The Kier molecular flexibility index (Phi) is 3.57. The van der Waals surface area contributed by atoms with Crippen molar-refractivity contribution in [2.45, 2.75) is 37.2 Å². The van der Waals surface area contributed by atoms with Crippen LogP contribution < -0.4 is 4.74 Å². The molecule has 1 fully saturated rings. The van der Waals surface area contributed by atoms with Crippen molar-refractivity contribution in [3.63, 3.8) is 0 Å². The lowest BCUT2D eigenvalue weighted by Crippen LogP contribution is -2.25. The highest BCUT2D eigenvalue weighted by Crippen LogP contribution is 2.27. The fraction of sp³-hybridized carbons (Fsp3) is 0.278. The predicted molar refractivity (Wildman–Crippen MR) is 91.8 cm³/mol. The highest BCUT2D eigenvalue weighted by atomic mass is 32.2. The minimum absolute atomic E-state index is 0.201. The second-order valence-electron chi connectivity index (χ2n) is 6.16. The van der Waals surface area contributed by atoms with E-state index < -0.39 is 10.0 Å². The van der Waals surface area contributed by atoms with E-state index in [2.05, 4.69) is 4.98 Å². The Morgan fingerprint density at radius 1 is 1.08 bits per heavy atom. The van der Waals surface area contributed by atoms with Gasteiger partial charge in [-0.1, -0.05) is 17.7 Å². The number of pyridine rings is 1. The van der Waals surface area contributed by atoms with E-state index in [-0.39, 0.29) is 11.0 Å². The predicted octanol–water partition coefficient (Wildman–Crippen LogP) is 3.51. The lowest BCUT2D eigenvalue weighted by atomic mass is 9.96. The van der Waals surface area contributed by atoms with Crippen molar-refractivity contribution in [2.24, 2.45) is 0 Å². The summed E-state index contributed by atoms with van der Waals surface area (Å²) in [6, 6.07) is 12.2. The Labute approximate surface area is 141 Å². The zero-order chi connectivity index (χ0) is 16.7. The molecule has 124 valence electrons. The maximum Gasteiger partial charge on any atom is 0.269 e. The zero-order valence-electron chi connectivity index (χ0n) is 13.3. The molecule has 1 aliphatic carbocycles. The van der Waals surface area contributed by atoms with Gasteiger partial charge >= 0.3 is 0 Å². The second kappa shape index (κ2) is 5.63. The van der Waals surface area contributed by atoms with Gasteiger partial charge in [-0.2, -0.15) is 4.98 Å². The van der Waals surface area contributed by atoms with Gasteiger partial charge in [0.2, 0.25) is 5.88 Å². The van der Waals surface area contributed by atoms with Gasteiger partial charge in [0.25, 0.3) is 10.0 Å². The molecule has 3 aromatic rings. The molecule has 2 aromatic heterocycles. The van der Waals surface area contributed by atoms with E-state index in [1.54, 1.807) is 42.6 Å². The van der Waals surface area contributed by atoms with Gasteiger partial charge < -0.3 is 4.74 Å². The zero-order valence-corrected chi connectivity index (χ0v) is 14.2. The summed E-state index contributed by atoms with van der Waals surface area (Å²) in [5, 5.41) is 0.770. The molecule has 1 aromatic carbocycles. The summed E-state index contributed by atoms with van der Waals surface area (Å²) in [5.74, 6) is 0.478. The van der Waals surface area contributed by atoms with Crippen molar-refractivity contribution in [2.75, 3.05) is 0 Å². The molecule has 1 aliphatic rings. The van der Waals surface area contributed by atoms with E-state index in [9.17, 15) is 8.42 Å². The van der Waals surface area contributed by atoms with E-state index >= 15 is 0 Å². The molecule has 0 amide bonds. The fourth-order valence-corrected chi connectivity index (χ4v) is 4.01. The van der Waals surface area contributed by atoms with E-state index in [1.807, 2.05) is 13.0 Å². The molecule has 0 aliphatic heterocycles. The molecule has 0 saturated heterocycles. The highest BCUT2D eigenvalue weighted by molar-refractivity contribution is 7.90. The molecule has 6 heteroatoms. The minimum Gasteiger partial charge on any atom is -0.474 e. The molecule has 4 rings (SSSR count). The number of ether oxygens (including phenoxy) is 1. The standard InChI is InChI=1S/C18H18N2O3S/c1-13-5-8-16(9-6-13)24(21,22)20-12-11-14-7-10-17(19-18(14)20)23-15-3-2-4-15/h5-12,15H,2-4H2,1H3. The van der Waals surface area contributed by atoms with Gasteiger partial charge in [0, 0.05) is 17.6 Å². The number of nitrogens with zero attached hydrogens (tertiary/aromatic N) is 2. The number of hydrogen-bond donors (Lipinski definition) is 0. The van der Waals surface area contributed by atoms with Gasteiger partial charge in [0.05, 0.1) is 4.90 Å². The Morgan fingerprint density at radius 3 is 2.50 bits per heavy atom. The first-order chi connectivity index (χ1) is 11.5. The van der Waals surface area contributed by atoms with Gasteiger partial charge in [0.1, 0.15) is 6.10 Å². The number of hydrogen-bond acceptors (Lipinski definition) is 4. The molecular formula is C18H18N2O3S. The Morgan fingerprint density at radius 2 is 1.83 bits per heavy atom. The van der Waals surface area contributed by atoms with Crippen LogP contribution in [0.15, 0.2) is 53.6 Å². The quantitative estimate of drug-likeness (QED) is 0.728. The molecule has 0 atom stereocenters. The Balaban J connectivity index is 1.77. The maximum atomic E-state index is 12.9. The highest BCUT2D eigenvalue weighted by Gasteiger charge is 2.22. The van der Waals surface area contributed by atoms with E-state index in [0.29, 0.717) is 11.5 Å². The van der Waals surface area contributed by atoms with Gasteiger partial charge in [-0.05, 0) is 50.5 Å². The molecule has 0 radical (unpaired) electrons. The number of fused-ring (bicyclic) bond motifs is 1. The van der Waals surface area contributed by atoms with Crippen molar-refractivity contribution in [1.82, 2.24) is 8.96 Å². The van der Waals surface area contributed by atoms with Crippen molar-refractivity contribution in [3.05, 3.63) is 54.2 Å². The van der Waals surface area contributed by atoms with Gasteiger partial charge in [-0.3, -0.25) is 0 Å². The average molecular weight is 342 g/mol. The third kappa shape index (κ3) is 2.57. The summed E-state index contributed by atoms with van der Waals surface area (Å²) in [4.78, 5) is 4.68. The summed E-state index contributed by atoms with van der Waals surface area (Å²) < 4.78 is 32.8. The number of benzene rings is 1. The van der Waals surface area contributed by atoms with Crippen LogP contribution in [0.25, 0.3) is 11.0 Å². The smallest absolute Gasteiger partial charge is 0.269 e. The van der Waals surface area contributed by atoms with E-state index in [1.165, 1.54) is 10.4 Å². The topological polar surface area (TPSA) is 61.2 Å². The number of aromatic nitrogens is 2. The van der Waals surface area contributed by atoms with Gasteiger partial charge in [-0.25, -0.2) is 12.4 Å². The summed E-state index contributed by atoms with van der Waals surface area (Å²) in [6.45, 7) is 1.92. The van der Waals surface area contributed by atoms with Gasteiger partial charge in [-0.15, -0.1) is 0 Å². The van der Waals surface area contributed by atoms with Crippen molar-refractivity contribution in [3.8, 4) is 5.88 Å². The first kappa shape index (κ1) is 15.2. The molecule has 0 bridgehead atoms. The lowest BCUT2D eigenvalue weighted by Gasteiger charge is -2.25. The summed E-state index contributed by atoms with van der Waals surface area (Å²) in [7, 11) is -3.68. The maximum absolute atomic E-state index is 12.9. The minimum atomic E-state index is -3.68. The van der Waals surface area contributed by atoms with Crippen LogP contribution in [0, 0.1) is 6.92 Å². The Hall–Kier alpha value is -2.34. The molecule has 1 saturated carbocycles. The SMILES string of the molecule is Cc1ccc(S(=O)(=O)n2ccc3ccc(OC4CCC4)nc32)cc1. The molecule has 0 unspecified atom stereocenters. The molecule has 0 N–H and O–H groups in total. The van der Waals surface area contributed by atoms with E-state index in [0.717, 1.165) is 23.8 Å². The van der Waals surface area contributed by atoms with Crippen LogP contribution in [0.5, 0.6) is 5.88 Å². The van der Waals surface area contributed by atoms with E-state index in [4.69, 9.17) is 4.74 Å². The first-order valence-corrected chi connectivity index (χ1v) is 9.45. The molecule has 2 heterocycles. The van der Waals surface area contributed by atoms with Crippen molar-refractivity contribution >= 4 is 21.1 Å². The monoisotopic (exact) mass is 342 g/mol. The third-order valence-electron chi connectivity index (χ3n) is 4.40. The number of aryl methyl sites for hydroxylation is 1. The molecule has 5 nitrogen and oxygen atoms in total. The molecule has 0 spiro atoms. The largest absolute Gasteiger partial charge is 0.474 e. The second-order valence-corrected chi connectivity index (χ2v) is 7.98. The summed E-state index contributed by atoms with van der Waals surface area (Å²) >= 11 is 0. The third-order valence-corrected chi connectivity index (χ3v) is 6.08. The Bertz CT molecular complexity index is 987. The van der Waals surface area contributed by atoms with Crippen LogP contribution in [0.1, 0.15) is 24.8 Å². The van der Waals surface area contributed by atoms with Crippen molar-refractivity contribution in [1.29, 1.82) is 0 Å². The van der Waals surface area contributed by atoms with Crippen LogP contribution in [-0.4, -0.2) is 23.5 Å². The molecular weight excluding hydrogens is 324 g/mol. The summed E-state index contributed by atoms with van der Waals surface area (Å²) in [6.07, 6.45) is 4.97. The lowest BCUT2D eigenvalue weighted by molar-refractivity contribution is 0.115. The van der Waals surface area contributed by atoms with Crippen LogP contribution in [-0.2, 0) is 10.0 Å². The average Bonchev–Trinajstić information content (AvgIpc) is 2.95. The van der Waals surface area contributed by atoms with Crippen LogP contribution in [0.3, 0.4) is 0 Å². The van der Waals surface area contributed by atoms with Crippen molar-refractivity contribution < 1.29 is 13.2 Å². The fourth-order valence-electron chi connectivity index (χ4n) is 2.71. The van der Waals surface area contributed by atoms with Crippen LogP contribution >= 0.6 is 0 Å². The number of rotatable bonds is 4. The first-order valence-electron chi connectivity index (χ1n) is 8.01. The van der Waals surface area contributed by atoms with Crippen LogP contribution in [0.4, 0.5) is 0 Å².